The largest absolute Gasteiger partial charge is 0.465 e. The van der Waals surface area contributed by atoms with Crippen molar-refractivity contribution in [2.75, 3.05) is 23.8 Å². The third-order valence-corrected chi connectivity index (χ3v) is 6.71. The molecule has 2 aromatic heterocycles. The van der Waals surface area contributed by atoms with Crippen LogP contribution >= 0.6 is 0 Å². The highest BCUT2D eigenvalue weighted by Gasteiger charge is 2.27. The Bertz CT molecular complexity index is 1220. The van der Waals surface area contributed by atoms with Crippen LogP contribution in [0.25, 0.3) is 11.4 Å². The Kier molecular flexibility index (Phi) is 7.82. The normalized spacial score (nSPS) is 13.5. The molecule has 1 saturated carbocycles. The second kappa shape index (κ2) is 11.2. The maximum Gasteiger partial charge on any atom is 0.412 e. The Morgan fingerprint density at radius 3 is 2.67 bits per heavy atom. The molecule has 10 heteroatoms. The number of aromatic nitrogens is 4. The number of para-hydroxylation sites is 1. The molecule has 1 aliphatic carbocycles. The van der Waals surface area contributed by atoms with Gasteiger partial charge in [0.1, 0.15) is 11.6 Å². The smallest absolute Gasteiger partial charge is 0.412 e. The van der Waals surface area contributed by atoms with Gasteiger partial charge < -0.3 is 15.3 Å². The SMILES string of the molecule is CCc1ccccc1NC(=O)N(CCn1nc(-c2ccnc(N(C)C(=O)O)c2)nc1C)C1CCCC1. The third-order valence-electron chi connectivity index (χ3n) is 6.71. The average molecular weight is 492 g/mol. The number of nitrogens with one attached hydrogen (secondary N) is 1. The minimum Gasteiger partial charge on any atom is -0.465 e. The van der Waals surface area contributed by atoms with Crippen molar-refractivity contribution in [2.24, 2.45) is 0 Å². The number of carboxylic acid groups (broad SMARTS) is 1. The quantitative estimate of drug-likeness (QED) is 0.467. The van der Waals surface area contributed by atoms with Crippen LogP contribution in [0.15, 0.2) is 42.6 Å². The van der Waals surface area contributed by atoms with Crippen LogP contribution in [0.1, 0.15) is 44.0 Å². The fourth-order valence-corrected chi connectivity index (χ4v) is 4.60. The van der Waals surface area contributed by atoms with Crippen molar-refractivity contribution in [1.29, 1.82) is 0 Å². The molecule has 2 N–H and O–H groups in total. The topological polar surface area (TPSA) is 116 Å². The number of anilines is 2. The minimum atomic E-state index is -1.10. The third kappa shape index (κ3) is 5.64. The number of amides is 3. The van der Waals surface area contributed by atoms with Gasteiger partial charge in [0.15, 0.2) is 5.82 Å². The van der Waals surface area contributed by atoms with E-state index in [1.54, 1.807) is 23.0 Å². The van der Waals surface area contributed by atoms with Crippen molar-refractivity contribution in [3.63, 3.8) is 0 Å². The van der Waals surface area contributed by atoms with Crippen LogP contribution < -0.4 is 10.2 Å². The number of hydrogen-bond acceptors (Lipinski definition) is 5. The van der Waals surface area contributed by atoms with Gasteiger partial charge in [0.2, 0.25) is 0 Å². The van der Waals surface area contributed by atoms with Crippen LogP contribution in [-0.4, -0.2) is 61.5 Å². The summed E-state index contributed by atoms with van der Waals surface area (Å²) in [5.41, 5.74) is 2.64. The predicted octanol–water partition coefficient (Wildman–Crippen LogP) is 4.80. The van der Waals surface area contributed by atoms with Gasteiger partial charge in [0.05, 0.1) is 6.54 Å². The van der Waals surface area contributed by atoms with E-state index in [0.717, 1.165) is 54.1 Å². The molecule has 3 amide bonds. The van der Waals surface area contributed by atoms with Gasteiger partial charge in [-0.15, -0.1) is 0 Å². The lowest BCUT2D eigenvalue weighted by molar-refractivity contribution is 0.184. The molecular formula is C26H33N7O3. The Hall–Kier alpha value is -3.95. The molecule has 0 atom stereocenters. The zero-order chi connectivity index (χ0) is 25.7. The predicted molar refractivity (Wildman–Crippen MR) is 138 cm³/mol. The molecule has 0 radical (unpaired) electrons. The second-order valence-electron chi connectivity index (χ2n) is 9.02. The fraction of sp³-hybridized carbons (Fsp3) is 0.423. The minimum absolute atomic E-state index is 0.0868. The summed E-state index contributed by atoms with van der Waals surface area (Å²) in [6.07, 6.45) is 5.55. The van der Waals surface area contributed by atoms with Crippen molar-refractivity contribution < 1.29 is 14.7 Å². The van der Waals surface area contributed by atoms with E-state index in [0.29, 0.717) is 30.3 Å². The first kappa shape index (κ1) is 25.2. The number of rotatable bonds is 8. The first-order chi connectivity index (χ1) is 17.4. The second-order valence-corrected chi connectivity index (χ2v) is 9.02. The van der Waals surface area contributed by atoms with Gasteiger partial charge in [0, 0.05) is 37.1 Å². The van der Waals surface area contributed by atoms with Crippen molar-refractivity contribution >= 4 is 23.6 Å². The maximum absolute atomic E-state index is 13.4. The summed E-state index contributed by atoms with van der Waals surface area (Å²) in [6, 6.07) is 11.4. The molecule has 4 rings (SSSR count). The lowest BCUT2D eigenvalue weighted by Crippen LogP contribution is -2.43. The van der Waals surface area contributed by atoms with Gasteiger partial charge in [-0.25, -0.2) is 24.2 Å². The molecule has 190 valence electrons. The summed E-state index contributed by atoms with van der Waals surface area (Å²) in [5, 5.41) is 17.0. The van der Waals surface area contributed by atoms with E-state index >= 15 is 0 Å². The maximum atomic E-state index is 13.4. The Labute approximate surface area is 211 Å². The number of pyridine rings is 1. The molecule has 2 heterocycles. The van der Waals surface area contributed by atoms with Gasteiger partial charge in [0.25, 0.3) is 0 Å². The molecule has 0 aliphatic heterocycles. The van der Waals surface area contributed by atoms with Crippen LogP contribution in [0, 0.1) is 6.92 Å². The van der Waals surface area contributed by atoms with E-state index < -0.39 is 6.09 Å². The molecular weight excluding hydrogens is 458 g/mol. The summed E-state index contributed by atoms with van der Waals surface area (Å²) < 4.78 is 1.80. The van der Waals surface area contributed by atoms with Gasteiger partial charge in [-0.1, -0.05) is 38.0 Å². The van der Waals surface area contributed by atoms with E-state index in [9.17, 15) is 14.7 Å². The van der Waals surface area contributed by atoms with Crippen LogP contribution in [-0.2, 0) is 13.0 Å². The van der Waals surface area contributed by atoms with Crippen LogP contribution in [0.4, 0.5) is 21.1 Å². The monoisotopic (exact) mass is 491 g/mol. The number of aryl methyl sites for hydroxylation is 2. The van der Waals surface area contributed by atoms with Crippen LogP contribution in [0.3, 0.4) is 0 Å². The van der Waals surface area contributed by atoms with E-state index in [1.165, 1.54) is 7.05 Å². The van der Waals surface area contributed by atoms with Crippen LogP contribution in [0.5, 0.6) is 0 Å². The molecule has 1 fully saturated rings. The number of carbonyl (C=O) groups excluding carboxylic acids is 1. The highest BCUT2D eigenvalue weighted by atomic mass is 16.4. The standard InChI is InChI=1S/C26H33N7O3/c1-4-19-9-5-8-12-22(19)29-25(34)32(21-10-6-7-11-21)15-16-33-18(2)28-24(30-33)20-13-14-27-23(17-20)31(3)26(35)36/h5,8-9,12-14,17,21H,4,6-7,10-11,15-16H2,1-3H3,(H,29,34)(H,35,36). The number of carbonyl (C=O) groups is 2. The molecule has 10 nitrogen and oxygen atoms in total. The van der Waals surface area contributed by atoms with Gasteiger partial charge >= 0.3 is 12.1 Å². The first-order valence-electron chi connectivity index (χ1n) is 12.4. The first-order valence-corrected chi connectivity index (χ1v) is 12.4. The van der Waals surface area contributed by atoms with Crippen LogP contribution in [0.2, 0.25) is 0 Å². The summed E-state index contributed by atoms with van der Waals surface area (Å²) >= 11 is 0. The van der Waals surface area contributed by atoms with E-state index in [4.69, 9.17) is 0 Å². The summed E-state index contributed by atoms with van der Waals surface area (Å²) in [7, 11) is 1.44. The number of hydrogen-bond donors (Lipinski definition) is 2. The molecule has 0 unspecified atom stereocenters. The molecule has 0 bridgehead atoms. The Morgan fingerprint density at radius 1 is 1.19 bits per heavy atom. The molecule has 0 spiro atoms. The van der Waals surface area contributed by atoms with E-state index in [1.807, 2.05) is 36.1 Å². The van der Waals surface area contributed by atoms with Gasteiger partial charge in [-0.05, 0) is 49.9 Å². The lowest BCUT2D eigenvalue weighted by Gasteiger charge is -2.29. The van der Waals surface area contributed by atoms with Crippen molar-refractivity contribution in [3.05, 3.63) is 54.0 Å². The average Bonchev–Trinajstić information content (AvgIpc) is 3.54. The fourth-order valence-electron chi connectivity index (χ4n) is 4.60. The summed E-state index contributed by atoms with van der Waals surface area (Å²) in [5.74, 6) is 1.51. The zero-order valence-electron chi connectivity index (χ0n) is 21.0. The number of urea groups is 1. The molecule has 1 aliphatic rings. The van der Waals surface area contributed by atoms with Gasteiger partial charge in [-0.2, -0.15) is 5.10 Å². The van der Waals surface area contributed by atoms with Crippen molar-refractivity contribution in [3.8, 4) is 11.4 Å². The molecule has 36 heavy (non-hydrogen) atoms. The van der Waals surface area contributed by atoms with E-state index in [-0.39, 0.29) is 12.1 Å². The van der Waals surface area contributed by atoms with Crippen molar-refractivity contribution in [2.45, 2.75) is 58.5 Å². The zero-order valence-corrected chi connectivity index (χ0v) is 21.0. The highest BCUT2D eigenvalue weighted by Crippen LogP contribution is 2.25. The number of benzene rings is 1. The summed E-state index contributed by atoms with van der Waals surface area (Å²) in [6.45, 7) is 4.97. The molecule has 3 aromatic rings. The Morgan fingerprint density at radius 2 is 1.94 bits per heavy atom. The van der Waals surface area contributed by atoms with E-state index in [2.05, 4.69) is 27.3 Å². The molecule has 1 aromatic carbocycles. The number of nitrogens with zero attached hydrogens (tertiary/aromatic N) is 6. The lowest BCUT2D eigenvalue weighted by atomic mass is 10.1. The Balaban J connectivity index is 1.50. The van der Waals surface area contributed by atoms with Crippen molar-refractivity contribution in [1.82, 2.24) is 24.6 Å². The van der Waals surface area contributed by atoms with Gasteiger partial charge in [-0.3, -0.25) is 4.90 Å². The summed E-state index contributed by atoms with van der Waals surface area (Å²) in [4.78, 5) is 36.3. The molecule has 0 saturated heterocycles. The highest BCUT2D eigenvalue weighted by molar-refractivity contribution is 5.90.